The summed E-state index contributed by atoms with van der Waals surface area (Å²) < 4.78 is 0. The van der Waals surface area contributed by atoms with Gasteiger partial charge in [-0.3, -0.25) is 4.79 Å². The van der Waals surface area contributed by atoms with Gasteiger partial charge in [-0.25, -0.2) is 0 Å². The molecule has 2 aliphatic carbocycles. The van der Waals surface area contributed by atoms with Crippen LogP contribution in [0.3, 0.4) is 0 Å². The second kappa shape index (κ2) is 7.43. The van der Waals surface area contributed by atoms with E-state index in [1.165, 1.54) is 12.8 Å². The van der Waals surface area contributed by atoms with E-state index in [9.17, 15) is 9.90 Å². The smallest absolute Gasteiger partial charge is 0.237 e. The van der Waals surface area contributed by atoms with Gasteiger partial charge in [0.2, 0.25) is 5.91 Å². The van der Waals surface area contributed by atoms with Gasteiger partial charge < -0.3 is 15.7 Å². The van der Waals surface area contributed by atoms with Gasteiger partial charge in [0.15, 0.2) is 0 Å². The Labute approximate surface area is 133 Å². The van der Waals surface area contributed by atoms with Crippen molar-refractivity contribution >= 4 is 5.91 Å². The van der Waals surface area contributed by atoms with Gasteiger partial charge in [-0.1, -0.05) is 6.92 Å². The number of rotatable bonds is 1. The lowest BCUT2D eigenvalue weighted by atomic mass is 10.0. The molecular formula is C17H29N3O2. The fourth-order valence-corrected chi connectivity index (χ4v) is 4.52. The maximum Gasteiger partial charge on any atom is 0.237 e. The first kappa shape index (κ1) is 17.2. The number of nitrogens with two attached hydrogens (primary N) is 1. The van der Waals surface area contributed by atoms with Crippen LogP contribution < -0.4 is 5.73 Å². The van der Waals surface area contributed by atoms with Gasteiger partial charge in [-0.05, 0) is 63.2 Å². The molecule has 5 nitrogen and oxygen atoms in total. The van der Waals surface area contributed by atoms with Gasteiger partial charge in [0.1, 0.15) is 6.04 Å². The maximum atomic E-state index is 11.2. The number of aliphatic hydroxyl groups excluding tert-OH is 1. The monoisotopic (exact) mass is 307 g/mol. The molecule has 3 N–H and O–H groups in total. The number of carbonyl (C=O) groups excluding carboxylic acids is 1. The third-order valence-electron chi connectivity index (χ3n) is 5.51. The third kappa shape index (κ3) is 3.80. The molecule has 22 heavy (non-hydrogen) atoms. The predicted molar refractivity (Wildman–Crippen MR) is 84.6 cm³/mol. The minimum absolute atomic E-state index is 0.00250. The highest BCUT2D eigenvalue weighted by atomic mass is 16.3. The van der Waals surface area contributed by atoms with Gasteiger partial charge >= 0.3 is 0 Å². The van der Waals surface area contributed by atoms with Crippen LogP contribution in [0.5, 0.6) is 0 Å². The van der Waals surface area contributed by atoms with E-state index in [0.29, 0.717) is 0 Å². The third-order valence-corrected chi connectivity index (χ3v) is 5.51. The molecule has 0 spiro atoms. The van der Waals surface area contributed by atoms with E-state index in [1.807, 2.05) is 6.92 Å². The minimum atomic E-state index is -0.254. The van der Waals surface area contributed by atoms with Crippen LogP contribution in [0.1, 0.15) is 52.4 Å². The summed E-state index contributed by atoms with van der Waals surface area (Å²) in [6.45, 7) is 4.29. The summed E-state index contributed by atoms with van der Waals surface area (Å²) in [5.41, 5.74) is 5.23. The lowest BCUT2D eigenvalue weighted by Crippen LogP contribution is -2.42. The van der Waals surface area contributed by atoms with Crippen molar-refractivity contribution in [3.63, 3.8) is 0 Å². The molecule has 1 heterocycles. The van der Waals surface area contributed by atoms with E-state index >= 15 is 0 Å². The zero-order chi connectivity index (χ0) is 16.3. The summed E-state index contributed by atoms with van der Waals surface area (Å²) in [7, 11) is 0. The highest BCUT2D eigenvalue weighted by Gasteiger charge is 2.39. The SMILES string of the molecule is CC1C[C@@H]2CC(O)C[C@@H]2C1.C[C@@H]1CCC(C#N)N1C(=O)CN. The fraction of sp³-hybridized carbons (Fsp3) is 0.882. The van der Waals surface area contributed by atoms with Crippen LogP contribution in [0.15, 0.2) is 0 Å². The van der Waals surface area contributed by atoms with Crippen molar-refractivity contribution in [2.75, 3.05) is 6.54 Å². The predicted octanol–water partition coefficient (Wildman–Crippen LogP) is 1.65. The van der Waals surface area contributed by atoms with Crippen molar-refractivity contribution in [2.45, 2.75) is 70.6 Å². The molecule has 0 radical (unpaired) electrons. The molecule has 5 heteroatoms. The van der Waals surface area contributed by atoms with Gasteiger partial charge in [0, 0.05) is 6.04 Å². The Morgan fingerprint density at radius 3 is 2.32 bits per heavy atom. The molecule has 6 atom stereocenters. The van der Waals surface area contributed by atoms with E-state index < -0.39 is 0 Å². The Balaban J connectivity index is 0.000000162. The van der Waals surface area contributed by atoms with Gasteiger partial charge in [0.25, 0.3) is 0 Å². The highest BCUT2D eigenvalue weighted by Crippen LogP contribution is 2.46. The maximum absolute atomic E-state index is 11.2. The molecule has 0 aromatic carbocycles. The number of aliphatic hydroxyl groups is 1. The molecule has 0 aromatic rings. The molecular weight excluding hydrogens is 278 g/mol. The lowest BCUT2D eigenvalue weighted by Gasteiger charge is -2.23. The lowest BCUT2D eigenvalue weighted by molar-refractivity contribution is -0.131. The van der Waals surface area contributed by atoms with E-state index in [-0.39, 0.29) is 30.6 Å². The first-order valence-electron chi connectivity index (χ1n) is 8.55. The van der Waals surface area contributed by atoms with Crippen molar-refractivity contribution in [3.05, 3.63) is 0 Å². The summed E-state index contributed by atoms with van der Waals surface area (Å²) in [5.74, 6) is 2.57. The van der Waals surface area contributed by atoms with Crippen molar-refractivity contribution in [1.29, 1.82) is 5.26 Å². The van der Waals surface area contributed by atoms with Crippen molar-refractivity contribution in [2.24, 2.45) is 23.5 Å². The molecule has 124 valence electrons. The molecule has 3 unspecified atom stereocenters. The second-order valence-electron chi connectivity index (χ2n) is 7.30. The summed E-state index contributed by atoms with van der Waals surface area (Å²) >= 11 is 0. The Kier molecular flexibility index (Phi) is 5.82. The first-order chi connectivity index (χ1) is 10.5. The number of likely N-dealkylation sites (tertiary alicyclic amines) is 1. The van der Waals surface area contributed by atoms with Crippen LogP contribution in [0.25, 0.3) is 0 Å². The highest BCUT2D eigenvalue weighted by molar-refractivity contribution is 5.79. The van der Waals surface area contributed by atoms with Crippen molar-refractivity contribution < 1.29 is 9.90 Å². The average molecular weight is 307 g/mol. The Morgan fingerprint density at radius 2 is 1.82 bits per heavy atom. The van der Waals surface area contributed by atoms with Gasteiger partial charge in [0.05, 0.1) is 18.7 Å². The van der Waals surface area contributed by atoms with Crippen LogP contribution in [0.4, 0.5) is 0 Å². The molecule has 3 fully saturated rings. The zero-order valence-corrected chi connectivity index (χ0v) is 13.7. The molecule has 0 bridgehead atoms. The second-order valence-corrected chi connectivity index (χ2v) is 7.30. The van der Waals surface area contributed by atoms with Crippen LogP contribution >= 0.6 is 0 Å². The Bertz CT molecular complexity index is 406. The van der Waals surface area contributed by atoms with Crippen LogP contribution in [-0.2, 0) is 4.79 Å². The minimum Gasteiger partial charge on any atom is -0.393 e. The Hall–Kier alpha value is -1.12. The van der Waals surface area contributed by atoms with Gasteiger partial charge in [-0.15, -0.1) is 0 Å². The molecule has 2 saturated carbocycles. The van der Waals surface area contributed by atoms with E-state index in [1.54, 1.807) is 4.90 Å². The number of hydrogen-bond acceptors (Lipinski definition) is 4. The molecule has 1 amide bonds. The molecule has 0 aromatic heterocycles. The zero-order valence-electron chi connectivity index (χ0n) is 13.7. The first-order valence-corrected chi connectivity index (χ1v) is 8.55. The molecule has 3 aliphatic rings. The molecule has 1 aliphatic heterocycles. The number of nitriles is 1. The number of hydrogen-bond donors (Lipinski definition) is 2. The number of fused-ring (bicyclic) bond motifs is 1. The summed E-state index contributed by atoms with van der Waals surface area (Å²) in [5, 5.41) is 18.0. The average Bonchev–Trinajstić information content (AvgIpc) is 3.10. The van der Waals surface area contributed by atoms with Crippen LogP contribution in [0.2, 0.25) is 0 Å². The fourth-order valence-electron chi connectivity index (χ4n) is 4.52. The number of amides is 1. The molecule has 3 rings (SSSR count). The van der Waals surface area contributed by atoms with Crippen LogP contribution in [-0.4, -0.2) is 40.6 Å². The van der Waals surface area contributed by atoms with E-state index in [2.05, 4.69) is 13.0 Å². The number of carbonyl (C=O) groups is 1. The van der Waals surface area contributed by atoms with E-state index in [0.717, 1.165) is 43.4 Å². The van der Waals surface area contributed by atoms with Gasteiger partial charge in [-0.2, -0.15) is 5.26 Å². The van der Waals surface area contributed by atoms with Crippen molar-refractivity contribution in [1.82, 2.24) is 4.90 Å². The quantitative estimate of drug-likeness (QED) is 0.770. The molecule has 1 saturated heterocycles. The topological polar surface area (TPSA) is 90.3 Å². The van der Waals surface area contributed by atoms with E-state index in [4.69, 9.17) is 11.0 Å². The standard InChI is InChI=1S/C9H16O.C8H13N3O/c1-6-2-7-4-9(10)5-8(7)3-6;1-6-2-3-7(4-9)11(6)8(12)5-10/h6-10H,2-5H2,1H3;6-7H,2-3,5,10H2,1H3/t6?,7-,8+,9?;6-,7?/m.1/s1. The summed E-state index contributed by atoms with van der Waals surface area (Å²) in [4.78, 5) is 12.8. The number of nitrogens with zero attached hydrogens (tertiary/aromatic N) is 2. The summed E-state index contributed by atoms with van der Waals surface area (Å²) in [6.07, 6.45) is 6.67. The normalized spacial score (nSPS) is 39.9. The Morgan fingerprint density at radius 1 is 1.23 bits per heavy atom. The largest absolute Gasteiger partial charge is 0.393 e. The summed E-state index contributed by atoms with van der Waals surface area (Å²) in [6, 6.07) is 2.03. The van der Waals surface area contributed by atoms with Crippen LogP contribution in [0, 0.1) is 29.1 Å². The van der Waals surface area contributed by atoms with Crippen molar-refractivity contribution in [3.8, 4) is 6.07 Å².